The number of ether oxygens (including phenoxy) is 1. The molecule has 4 heteroatoms. The van der Waals surface area contributed by atoms with Crippen molar-refractivity contribution in [1.82, 2.24) is 0 Å². The zero-order valence-electron chi connectivity index (χ0n) is 9.05. The monoisotopic (exact) mass is 261 g/mol. The molecule has 0 unspecified atom stereocenters. The Labute approximate surface area is 102 Å². The third-order valence-electron chi connectivity index (χ3n) is 1.87. The smallest absolute Gasteiger partial charge is 0.337 e. The van der Waals surface area contributed by atoms with E-state index in [1.165, 1.54) is 12.8 Å². The van der Waals surface area contributed by atoms with Crippen molar-refractivity contribution in [3.63, 3.8) is 0 Å². The van der Waals surface area contributed by atoms with Crippen LogP contribution in [0.5, 0.6) is 0 Å². The van der Waals surface area contributed by atoms with Gasteiger partial charge in [0.25, 0.3) is 0 Å². The molecule has 0 aliphatic carbocycles. The van der Waals surface area contributed by atoms with Gasteiger partial charge in [0.1, 0.15) is 0 Å². The topological polar surface area (TPSA) is 43.4 Å². The van der Waals surface area contributed by atoms with Crippen LogP contribution in [0.4, 0.5) is 0 Å². The number of carbonyl (C=O) groups is 2. The molecule has 0 saturated carbocycles. The summed E-state index contributed by atoms with van der Waals surface area (Å²) in [5.41, 5.74) is 0. The Morgan fingerprint density at radius 1 is 1.20 bits per heavy atom. The second kappa shape index (κ2) is 11.5. The van der Waals surface area contributed by atoms with Crippen LogP contribution >= 0.6 is 0 Å². The summed E-state index contributed by atoms with van der Waals surface area (Å²) in [5, 5.41) is 0. The Kier molecular flexibility index (Phi) is 12.9. The second-order valence-electron chi connectivity index (χ2n) is 3.16. The molecule has 0 spiro atoms. The molecule has 0 rings (SSSR count). The fourth-order valence-electron chi connectivity index (χ4n) is 1.08. The molecule has 0 fully saturated rings. The molecule has 3 nitrogen and oxygen atoms in total. The Morgan fingerprint density at radius 3 is 2.33 bits per heavy atom. The first kappa shape index (κ1) is 16.8. The molecule has 0 amide bonds. The van der Waals surface area contributed by atoms with Crippen LogP contribution in [0.3, 0.4) is 0 Å². The molecule has 0 aliphatic heterocycles. The Bertz CT molecular complexity index is 202. The quantitative estimate of drug-likeness (QED) is 0.233. The first-order valence-electron chi connectivity index (χ1n) is 5.07. The van der Waals surface area contributed by atoms with Crippen molar-refractivity contribution in [3.05, 3.63) is 12.7 Å². The van der Waals surface area contributed by atoms with Gasteiger partial charge in [-0.25, -0.2) is 4.79 Å². The average Bonchev–Trinajstić information content (AvgIpc) is 2.17. The van der Waals surface area contributed by atoms with Crippen LogP contribution in [-0.2, 0) is 31.4 Å². The molecule has 0 heterocycles. The minimum Gasteiger partial charge on any atom is -0.390 e. The second-order valence-corrected chi connectivity index (χ2v) is 3.16. The van der Waals surface area contributed by atoms with E-state index in [4.69, 9.17) is 0 Å². The van der Waals surface area contributed by atoms with Crippen LogP contribution in [0.2, 0.25) is 0 Å². The summed E-state index contributed by atoms with van der Waals surface area (Å²) in [6.45, 7) is 5.34. The maximum atomic E-state index is 11.0. The van der Waals surface area contributed by atoms with Gasteiger partial charge in [-0.2, -0.15) is 0 Å². The summed E-state index contributed by atoms with van der Waals surface area (Å²) >= 11 is 0. The number of rotatable bonds is 7. The van der Waals surface area contributed by atoms with Crippen LogP contribution in [0.15, 0.2) is 12.7 Å². The van der Waals surface area contributed by atoms with Gasteiger partial charge in [0, 0.05) is 29.6 Å². The maximum Gasteiger partial charge on any atom is 0.337 e. The van der Waals surface area contributed by atoms with Crippen molar-refractivity contribution >= 4 is 11.9 Å². The van der Waals surface area contributed by atoms with Crippen LogP contribution in [0.25, 0.3) is 0 Å². The summed E-state index contributed by atoms with van der Waals surface area (Å²) in [4.78, 5) is 21.6. The minimum absolute atomic E-state index is 0. The van der Waals surface area contributed by atoms with Gasteiger partial charge in [0.2, 0.25) is 0 Å². The van der Waals surface area contributed by atoms with E-state index in [1.807, 2.05) is 0 Å². The van der Waals surface area contributed by atoms with Crippen LogP contribution in [-0.4, -0.2) is 11.9 Å². The molecular weight excluding hydrogens is 244 g/mol. The molecule has 0 aromatic heterocycles. The first-order valence-corrected chi connectivity index (χ1v) is 5.07. The Balaban J connectivity index is 0. The van der Waals surface area contributed by atoms with E-state index in [1.54, 1.807) is 0 Å². The average molecular weight is 262 g/mol. The number of unbranched alkanes of at least 4 members (excludes halogenated alkanes) is 4. The molecule has 0 aromatic carbocycles. The normalized spacial score (nSPS) is 8.87. The molecule has 0 bridgehead atoms. The molecule has 0 saturated heterocycles. The third-order valence-corrected chi connectivity index (χ3v) is 1.87. The zero-order chi connectivity index (χ0) is 10.8. The van der Waals surface area contributed by atoms with Gasteiger partial charge in [-0.15, -0.1) is 0 Å². The molecular formula is C11H18CuO3. The maximum absolute atomic E-state index is 11.0. The molecule has 91 valence electrons. The zero-order valence-corrected chi connectivity index (χ0v) is 10.00. The van der Waals surface area contributed by atoms with E-state index in [9.17, 15) is 9.59 Å². The number of carbonyl (C=O) groups excluding carboxylic acids is 2. The van der Waals surface area contributed by atoms with E-state index < -0.39 is 11.9 Å². The molecule has 1 radical (unpaired) electrons. The van der Waals surface area contributed by atoms with Crippen molar-refractivity contribution in [3.8, 4) is 0 Å². The van der Waals surface area contributed by atoms with Gasteiger partial charge in [-0.05, 0) is 6.42 Å². The van der Waals surface area contributed by atoms with Gasteiger partial charge >= 0.3 is 11.9 Å². The number of hydrogen-bond donors (Lipinski definition) is 0. The van der Waals surface area contributed by atoms with E-state index >= 15 is 0 Å². The Hall–Kier alpha value is -0.601. The molecule has 0 atom stereocenters. The number of hydrogen-bond acceptors (Lipinski definition) is 3. The standard InChI is InChI=1S/C11H18O3.Cu/c1-3-5-6-7-8-9-11(13)14-10(12)4-2;/h4H,2-3,5-9H2,1H3;. The predicted octanol–water partition coefficient (Wildman–Crippen LogP) is 2.60. The van der Waals surface area contributed by atoms with Crippen molar-refractivity contribution in [2.75, 3.05) is 0 Å². The molecule has 15 heavy (non-hydrogen) atoms. The van der Waals surface area contributed by atoms with Gasteiger partial charge in [-0.1, -0.05) is 39.2 Å². The third kappa shape index (κ3) is 11.3. The van der Waals surface area contributed by atoms with Gasteiger partial charge in [0.15, 0.2) is 0 Å². The first-order chi connectivity index (χ1) is 6.70. The SMILES string of the molecule is C=CC(=O)OC(=O)CCCCCCC.[Cu]. The molecule has 0 N–H and O–H groups in total. The van der Waals surface area contributed by atoms with Crippen molar-refractivity contribution in [2.45, 2.75) is 45.4 Å². The summed E-state index contributed by atoms with van der Waals surface area (Å²) in [7, 11) is 0. The van der Waals surface area contributed by atoms with Crippen LogP contribution in [0.1, 0.15) is 45.4 Å². The molecule has 0 aromatic rings. The van der Waals surface area contributed by atoms with Crippen LogP contribution in [0, 0.1) is 0 Å². The van der Waals surface area contributed by atoms with E-state index in [2.05, 4.69) is 18.2 Å². The summed E-state index contributed by atoms with van der Waals surface area (Å²) in [6.07, 6.45) is 6.64. The fraction of sp³-hybridized carbons (Fsp3) is 0.636. The molecule has 0 aliphatic rings. The predicted molar refractivity (Wildman–Crippen MR) is 54.7 cm³/mol. The van der Waals surface area contributed by atoms with E-state index in [0.717, 1.165) is 25.3 Å². The van der Waals surface area contributed by atoms with Gasteiger partial charge < -0.3 is 4.74 Å². The number of esters is 2. The fourth-order valence-corrected chi connectivity index (χ4v) is 1.08. The van der Waals surface area contributed by atoms with E-state index in [0.29, 0.717) is 6.42 Å². The summed E-state index contributed by atoms with van der Waals surface area (Å²) in [6, 6.07) is 0. The largest absolute Gasteiger partial charge is 0.390 e. The van der Waals surface area contributed by atoms with Gasteiger partial charge in [-0.3, -0.25) is 4.79 Å². The van der Waals surface area contributed by atoms with Crippen LogP contribution < -0.4 is 0 Å². The van der Waals surface area contributed by atoms with E-state index in [-0.39, 0.29) is 17.1 Å². The van der Waals surface area contributed by atoms with Crippen molar-refractivity contribution in [2.24, 2.45) is 0 Å². The van der Waals surface area contributed by atoms with Crippen molar-refractivity contribution < 1.29 is 31.4 Å². The summed E-state index contributed by atoms with van der Waals surface area (Å²) < 4.78 is 4.41. The Morgan fingerprint density at radius 2 is 1.80 bits per heavy atom. The van der Waals surface area contributed by atoms with Gasteiger partial charge in [0.05, 0.1) is 0 Å². The summed E-state index contributed by atoms with van der Waals surface area (Å²) in [5.74, 6) is -1.12. The van der Waals surface area contributed by atoms with Crippen molar-refractivity contribution in [1.29, 1.82) is 0 Å². The minimum atomic E-state index is -0.663.